The van der Waals surface area contributed by atoms with Crippen molar-refractivity contribution in [2.45, 2.75) is 26.3 Å². The summed E-state index contributed by atoms with van der Waals surface area (Å²) in [7, 11) is 1.88. The zero-order valence-electron chi connectivity index (χ0n) is 12.0. The molecule has 0 saturated carbocycles. The van der Waals surface area contributed by atoms with Gasteiger partial charge in [-0.2, -0.15) is 0 Å². The number of aliphatic imine (C=N–C) groups is 1. The molecule has 6 heteroatoms. The van der Waals surface area contributed by atoms with Crippen LogP contribution in [0.2, 0.25) is 0 Å². The van der Waals surface area contributed by atoms with Crippen molar-refractivity contribution < 1.29 is 0 Å². The molecule has 0 saturated heterocycles. The SMILES string of the molecule is CC(C)c1cccc(NC(N)=NCc2nncn2C)c1. The number of hydrogen-bond acceptors (Lipinski definition) is 3. The van der Waals surface area contributed by atoms with Gasteiger partial charge < -0.3 is 15.6 Å². The molecule has 3 N–H and O–H groups in total. The van der Waals surface area contributed by atoms with E-state index in [0.717, 1.165) is 11.5 Å². The molecule has 0 atom stereocenters. The van der Waals surface area contributed by atoms with Crippen molar-refractivity contribution >= 4 is 11.6 Å². The van der Waals surface area contributed by atoms with Gasteiger partial charge in [-0.05, 0) is 23.6 Å². The predicted molar refractivity (Wildman–Crippen MR) is 80.5 cm³/mol. The lowest BCUT2D eigenvalue weighted by atomic mass is 10.0. The van der Waals surface area contributed by atoms with E-state index in [4.69, 9.17) is 5.73 Å². The highest BCUT2D eigenvalue weighted by Crippen LogP contribution is 2.18. The molecule has 0 radical (unpaired) electrons. The monoisotopic (exact) mass is 272 g/mol. The maximum atomic E-state index is 5.88. The number of anilines is 1. The standard InChI is InChI=1S/C14H20N6/c1-10(2)11-5-4-6-12(7-11)18-14(15)16-8-13-19-17-9-20(13)3/h4-7,9-10H,8H2,1-3H3,(H3,15,16,18). The Balaban J connectivity index is 2.02. The number of benzene rings is 1. The van der Waals surface area contributed by atoms with E-state index in [1.165, 1.54) is 5.56 Å². The summed E-state index contributed by atoms with van der Waals surface area (Å²) >= 11 is 0. The number of rotatable bonds is 4. The van der Waals surface area contributed by atoms with Crippen LogP contribution in [0.3, 0.4) is 0 Å². The van der Waals surface area contributed by atoms with Gasteiger partial charge in [0.15, 0.2) is 11.8 Å². The molecule has 0 aliphatic heterocycles. The van der Waals surface area contributed by atoms with Crippen LogP contribution in [0.5, 0.6) is 0 Å². The van der Waals surface area contributed by atoms with Crippen molar-refractivity contribution in [2.24, 2.45) is 17.8 Å². The van der Waals surface area contributed by atoms with Gasteiger partial charge in [0.25, 0.3) is 0 Å². The number of nitrogens with zero attached hydrogens (tertiary/aromatic N) is 4. The van der Waals surface area contributed by atoms with E-state index < -0.39 is 0 Å². The van der Waals surface area contributed by atoms with Crippen LogP contribution in [0.25, 0.3) is 0 Å². The minimum atomic E-state index is 0.369. The first-order chi connectivity index (χ1) is 9.56. The van der Waals surface area contributed by atoms with Gasteiger partial charge in [0, 0.05) is 12.7 Å². The second-order valence-corrected chi connectivity index (χ2v) is 4.96. The lowest BCUT2D eigenvalue weighted by Crippen LogP contribution is -2.23. The average molecular weight is 272 g/mol. The first-order valence-electron chi connectivity index (χ1n) is 6.56. The van der Waals surface area contributed by atoms with Crippen LogP contribution >= 0.6 is 0 Å². The lowest BCUT2D eigenvalue weighted by Gasteiger charge is -2.09. The molecule has 0 spiro atoms. The number of nitrogens with one attached hydrogen (secondary N) is 1. The third-order valence-corrected chi connectivity index (χ3v) is 3.02. The topological polar surface area (TPSA) is 81.1 Å². The maximum Gasteiger partial charge on any atom is 0.193 e. The van der Waals surface area contributed by atoms with Crippen molar-refractivity contribution in [1.29, 1.82) is 0 Å². The molecular formula is C14H20N6. The van der Waals surface area contributed by atoms with Gasteiger partial charge in [0.1, 0.15) is 12.9 Å². The second-order valence-electron chi connectivity index (χ2n) is 4.96. The van der Waals surface area contributed by atoms with E-state index >= 15 is 0 Å². The Bertz CT molecular complexity index is 599. The second kappa shape index (κ2) is 6.18. The van der Waals surface area contributed by atoms with E-state index in [1.807, 2.05) is 23.7 Å². The highest BCUT2D eigenvalue weighted by atomic mass is 15.3. The van der Waals surface area contributed by atoms with Crippen LogP contribution in [0.1, 0.15) is 31.2 Å². The molecule has 106 valence electrons. The Morgan fingerprint density at radius 3 is 2.90 bits per heavy atom. The normalized spacial score (nSPS) is 11.9. The summed E-state index contributed by atoms with van der Waals surface area (Å²) < 4.78 is 1.82. The fraction of sp³-hybridized carbons (Fsp3) is 0.357. The molecule has 1 heterocycles. The Kier molecular flexibility index (Phi) is 4.34. The molecule has 0 aliphatic rings. The molecule has 1 aromatic carbocycles. The van der Waals surface area contributed by atoms with E-state index in [2.05, 4.69) is 46.5 Å². The summed E-state index contributed by atoms with van der Waals surface area (Å²) in [5, 5.41) is 10.8. The first kappa shape index (κ1) is 14.0. The molecule has 1 aromatic heterocycles. The number of nitrogens with two attached hydrogens (primary N) is 1. The van der Waals surface area contributed by atoms with Crippen LogP contribution in [-0.2, 0) is 13.6 Å². The van der Waals surface area contributed by atoms with Crippen molar-refractivity contribution in [3.05, 3.63) is 42.0 Å². The fourth-order valence-corrected chi connectivity index (χ4v) is 1.77. The molecule has 0 amide bonds. The Labute approximate surface area is 118 Å². The van der Waals surface area contributed by atoms with Crippen LogP contribution in [-0.4, -0.2) is 20.7 Å². The van der Waals surface area contributed by atoms with Gasteiger partial charge in [-0.3, -0.25) is 0 Å². The number of aromatic nitrogens is 3. The summed E-state index contributed by atoms with van der Waals surface area (Å²) in [6, 6.07) is 8.16. The molecular weight excluding hydrogens is 252 g/mol. The first-order valence-corrected chi connectivity index (χ1v) is 6.56. The quantitative estimate of drug-likeness (QED) is 0.657. The van der Waals surface area contributed by atoms with E-state index in [9.17, 15) is 0 Å². The van der Waals surface area contributed by atoms with Crippen LogP contribution < -0.4 is 11.1 Å². The third kappa shape index (κ3) is 3.57. The van der Waals surface area contributed by atoms with Crippen molar-refractivity contribution in [3.8, 4) is 0 Å². The van der Waals surface area contributed by atoms with Crippen molar-refractivity contribution in [1.82, 2.24) is 14.8 Å². The zero-order chi connectivity index (χ0) is 14.5. The molecule has 2 rings (SSSR count). The largest absolute Gasteiger partial charge is 0.370 e. The molecule has 0 aliphatic carbocycles. The summed E-state index contributed by atoms with van der Waals surface area (Å²) in [4.78, 5) is 4.26. The lowest BCUT2D eigenvalue weighted by molar-refractivity contribution is 0.792. The van der Waals surface area contributed by atoms with E-state index in [-0.39, 0.29) is 0 Å². The summed E-state index contributed by atoms with van der Waals surface area (Å²) in [5.41, 5.74) is 8.08. The zero-order valence-corrected chi connectivity index (χ0v) is 12.0. The molecule has 6 nitrogen and oxygen atoms in total. The van der Waals surface area contributed by atoms with Crippen molar-refractivity contribution in [2.75, 3.05) is 5.32 Å². The molecule has 20 heavy (non-hydrogen) atoms. The third-order valence-electron chi connectivity index (χ3n) is 3.02. The van der Waals surface area contributed by atoms with Gasteiger partial charge in [0.05, 0.1) is 0 Å². The van der Waals surface area contributed by atoms with Gasteiger partial charge in [-0.1, -0.05) is 26.0 Å². The van der Waals surface area contributed by atoms with Crippen LogP contribution in [0.15, 0.2) is 35.6 Å². The van der Waals surface area contributed by atoms with E-state index in [0.29, 0.717) is 18.4 Å². The summed E-state index contributed by atoms with van der Waals surface area (Å²) in [6.07, 6.45) is 1.64. The fourth-order valence-electron chi connectivity index (χ4n) is 1.77. The highest BCUT2D eigenvalue weighted by molar-refractivity contribution is 5.92. The van der Waals surface area contributed by atoms with Gasteiger partial charge in [-0.25, -0.2) is 4.99 Å². The molecule has 0 fully saturated rings. The Morgan fingerprint density at radius 1 is 1.45 bits per heavy atom. The summed E-state index contributed by atoms with van der Waals surface area (Å²) in [6.45, 7) is 4.72. The minimum absolute atomic E-state index is 0.369. The van der Waals surface area contributed by atoms with Crippen LogP contribution in [0.4, 0.5) is 5.69 Å². The predicted octanol–water partition coefficient (Wildman–Crippen LogP) is 1.87. The molecule has 2 aromatic rings. The van der Waals surface area contributed by atoms with Gasteiger partial charge >= 0.3 is 0 Å². The maximum absolute atomic E-state index is 5.88. The number of aryl methyl sites for hydroxylation is 1. The van der Waals surface area contributed by atoms with Crippen LogP contribution in [0, 0.1) is 0 Å². The minimum Gasteiger partial charge on any atom is -0.370 e. The van der Waals surface area contributed by atoms with Crippen molar-refractivity contribution in [3.63, 3.8) is 0 Å². The van der Waals surface area contributed by atoms with Gasteiger partial charge in [0.2, 0.25) is 0 Å². The summed E-state index contributed by atoms with van der Waals surface area (Å²) in [5.74, 6) is 1.62. The van der Waals surface area contributed by atoms with E-state index in [1.54, 1.807) is 6.33 Å². The smallest absolute Gasteiger partial charge is 0.193 e. The number of guanidine groups is 1. The number of hydrogen-bond donors (Lipinski definition) is 2. The Hall–Kier alpha value is -2.37. The highest BCUT2D eigenvalue weighted by Gasteiger charge is 2.02. The van der Waals surface area contributed by atoms with Gasteiger partial charge in [-0.15, -0.1) is 10.2 Å². The Morgan fingerprint density at radius 2 is 2.25 bits per heavy atom. The molecule has 0 bridgehead atoms. The molecule has 0 unspecified atom stereocenters. The average Bonchev–Trinajstić information content (AvgIpc) is 2.82.